The van der Waals surface area contributed by atoms with Crippen molar-refractivity contribution in [3.63, 3.8) is 0 Å². The van der Waals surface area contributed by atoms with Crippen molar-refractivity contribution >= 4 is 44.1 Å². The quantitative estimate of drug-likeness (QED) is 0.855. The first-order valence-corrected chi connectivity index (χ1v) is 4.82. The number of carboxylic acids is 1. The van der Waals surface area contributed by atoms with E-state index < -0.39 is 5.97 Å². The van der Waals surface area contributed by atoms with Gasteiger partial charge in [-0.2, -0.15) is 0 Å². The number of rotatable bonds is 2. The molecule has 0 unspecified atom stereocenters. The molecule has 0 fully saturated rings. The van der Waals surface area contributed by atoms with E-state index in [2.05, 4.69) is 31.9 Å². The van der Waals surface area contributed by atoms with Crippen LogP contribution in [0.5, 0.6) is 0 Å². The lowest BCUT2D eigenvalue weighted by Gasteiger charge is -2.02. The lowest BCUT2D eigenvalue weighted by molar-refractivity contribution is 0.0696. The Morgan fingerprint density at radius 1 is 1.38 bits per heavy atom. The molecule has 0 saturated carbocycles. The van der Waals surface area contributed by atoms with Gasteiger partial charge < -0.3 is 5.11 Å². The van der Waals surface area contributed by atoms with Crippen LogP contribution in [-0.4, -0.2) is 17.4 Å². The van der Waals surface area contributed by atoms with Gasteiger partial charge in [0.25, 0.3) is 0 Å². The first-order chi connectivity index (χ1) is 6.06. The van der Waals surface area contributed by atoms with Crippen molar-refractivity contribution in [3.05, 3.63) is 32.2 Å². The molecule has 13 heavy (non-hydrogen) atoms. The van der Waals surface area contributed by atoms with Gasteiger partial charge in [0.1, 0.15) is 6.29 Å². The Kier molecular flexibility index (Phi) is 3.22. The maximum Gasteiger partial charge on any atom is 0.336 e. The van der Waals surface area contributed by atoms with E-state index in [9.17, 15) is 9.59 Å². The van der Waals surface area contributed by atoms with Gasteiger partial charge in [-0.3, -0.25) is 4.79 Å². The molecule has 0 aromatic heterocycles. The Morgan fingerprint density at radius 3 is 2.46 bits per heavy atom. The molecule has 1 N–H and O–H groups in total. The summed E-state index contributed by atoms with van der Waals surface area (Å²) in [5.74, 6) is -1.07. The number of halogens is 2. The standard InChI is InChI=1S/C8H4Br2O3/c9-6-2-4(3-11)1-5(7(6)10)8(12)13/h1-3H,(H,12,13). The number of carbonyl (C=O) groups excluding carboxylic acids is 1. The summed E-state index contributed by atoms with van der Waals surface area (Å²) >= 11 is 6.24. The second-order valence-corrected chi connectivity index (χ2v) is 3.93. The second-order valence-electron chi connectivity index (χ2n) is 2.29. The van der Waals surface area contributed by atoms with Crippen molar-refractivity contribution in [3.8, 4) is 0 Å². The van der Waals surface area contributed by atoms with Gasteiger partial charge in [-0.1, -0.05) is 0 Å². The van der Waals surface area contributed by atoms with E-state index in [0.717, 1.165) is 0 Å². The molecule has 0 bridgehead atoms. The molecular weight excluding hydrogens is 304 g/mol. The van der Waals surface area contributed by atoms with E-state index in [1.165, 1.54) is 6.07 Å². The number of carbonyl (C=O) groups is 2. The number of benzene rings is 1. The Hall–Kier alpha value is -0.680. The molecule has 0 aliphatic carbocycles. The zero-order valence-electron chi connectivity index (χ0n) is 6.25. The zero-order chi connectivity index (χ0) is 10.0. The molecule has 68 valence electrons. The molecular formula is C8H4Br2O3. The summed E-state index contributed by atoms with van der Waals surface area (Å²) in [5.41, 5.74) is 0.393. The third kappa shape index (κ3) is 2.16. The first kappa shape index (κ1) is 10.4. The average Bonchev–Trinajstić information content (AvgIpc) is 2.09. The van der Waals surface area contributed by atoms with Crippen LogP contribution in [-0.2, 0) is 0 Å². The fourth-order valence-electron chi connectivity index (χ4n) is 0.834. The molecule has 0 heterocycles. The molecule has 0 aliphatic heterocycles. The molecule has 0 spiro atoms. The maximum absolute atomic E-state index is 10.7. The maximum atomic E-state index is 10.7. The molecule has 0 radical (unpaired) electrons. The Bertz CT molecular complexity index is 374. The third-order valence-electron chi connectivity index (χ3n) is 1.42. The number of hydrogen-bond donors (Lipinski definition) is 1. The molecule has 1 rings (SSSR count). The van der Waals surface area contributed by atoms with Gasteiger partial charge >= 0.3 is 5.97 Å². The van der Waals surface area contributed by atoms with Crippen LogP contribution in [0, 0.1) is 0 Å². The van der Waals surface area contributed by atoms with E-state index in [1.54, 1.807) is 6.07 Å². The molecule has 5 heteroatoms. The summed E-state index contributed by atoms with van der Waals surface area (Å²) in [6.07, 6.45) is 0.601. The van der Waals surface area contributed by atoms with Crippen molar-refractivity contribution in [1.82, 2.24) is 0 Å². The highest BCUT2D eigenvalue weighted by molar-refractivity contribution is 9.13. The van der Waals surface area contributed by atoms with E-state index >= 15 is 0 Å². The van der Waals surface area contributed by atoms with Gasteiger partial charge in [-0.05, 0) is 44.0 Å². The zero-order valence-corrected chi connectivity index (χ0v) is 9.42. The monoisotopic (exact) mass is 306 g/mol. The minimum absolute atomic E-state index is 0.0662. The fourth-order valence-corrected chi connectivity index (χ4v) is 1.71. The Morgan fingerprint density at radius 2 is 2.00 bits per heavy atom. The average molecular weight is 308 g/mol. The first-order valence-electron chi connectivity index (χ1n) is 3.23. The van der Waals surface area contributed by atoms with Crippen LogP contribution in [0.1, 0.15) is 20.7 Å². The second kappa shape index (κ2) is 4.02. The van der Waals surface area contributed by atoms with E-state index in [0.29, 0.717) is 20.8 Å². The highest BCUT2D eigenvalue weighted by Crippen LogP contribution is 2.28. The Balaban J connectivity index is 3.41. The SMILES string of the molecule is O=Cc1cc(Br)c(Br)c(C(=O)O)c1. The molecule has 0 saturated heterocycles. The smallest absolute Gasteiger partial charge is 0.336 e. The van der Waals surface area contributed by atoms with Crippen molar-refractivity contribution in [2.75, 3.05) is 0 Å². The van der Waals surface area contributed by atoms with Crippen LogP contribution in [0.2, 0.25) is 0 Å². The van der Waals surface area contributed by atoms with E-state index in [4.69, 9.17) is 5.11 Å². The van der Waals surface area contributed by atoms with Crippen LogP contribution < -0.4 is 0 Å². The van der Waals surface area contributed by atoms with Gasteiger partial charge in [-0.25, -0.2) is 4.79 Å². The summed E-state index contributed by atoms with van der Waals surface area (Å²) in [6.45, 7) is 0. The summed E-state index contributed by atoms with van der Waals surface area (Å²) in [4.78, 5) is 21.1. The topological polar surface area (TPSA) is 54.4 Å². The number of hydrogen-bond acceptors (Lipinski definition) is 2. The Labute approximate surface area is 91.0 Å². The third-order valence-corrected chi connectivity index (χ3v) is 3.43. The number of carboxylic acid groups (broad SMARTS) is 1. The van der Waals surface area contributed by atoms with Crippen molar-refractivity contribution < 1.29 is 14.7 Å². The largest absolute Gasteiger partial charge is 0.478 e. The molecule has 1 aromatic carbocycles. The van der Waals surface area contributed by atoms with Crippen LogP contribution in [0.25, 0.3) is 0 Å². The molecule has 3 nitrogen and oxygen atoms in total. The number of aromatic carboxylic acids is 1. The van der Waals surface area contributed by atoms with Crippen LogP contribution >= 0.6 is 31.9 Å². The summed E-state index contributed by atoms with van der Waals surface area (Å²) < 4.78 is 0.986. The predicted molar refractivity (Wildman–Crippen MR) is 54.2 cm³/mol. The van der Waals surface area contributed by atoms with Gasteiger partial charge in [-0.15, -0.1) is 0 Å². The summed E-state index contributed by atoms with van der Waals surface area (Å²) in [6, 6.07) is 2.85. The van der Waals surface area contributed by atoms with Crippen LogP contribution in [0.4, 0.5) is 0 Å². The van der Waals surface area contributed by atoms with Crippen molar-refractivity contribution in [2.24, 2.45) is 0 Å². The molecule has 0 aliphatic rings. The lowest BCUT2D eigenvalue weighted by Crippen LogP contribution is -1.99. The van der Waals surface area contributed by atoms with Gasteiger partial charge in [0.05, 0.1) is 5.56 Å². The van der Waals surface area contributed by atoms with E-state index in [-0.39, 0.29) is 5.56 Å². The highest BCUT2D eigenvalue weighted by Gasteiger charge is 2.12. The summed E-state index contributed by atoms with van der Waals surface area (Å²) in [7, 11) is 0. The fraction of sp³-hybridized carbons (Fsp3) is 0. The van der Waals surface area contributed by atoms with Gasteiger partial charge in [0.15, 0.2) is 0 Å². The van der Waals surface area contributed by atoms with Crippen molar-refractivity contribution in [2.45, 2.75) is 0 Å². The minimum atomic E-state index is -1.07. The normalized spacial score (nSPS) is 9.69. The number of aldehydes is 1. The van der Waals surface area contributed by atoms with Crippen molar-refractivity contribution in [1.29, 1.82) is 0 Å². The molecule has 0 atom stereocenters. The molecule has 0 amide bonds. The highest BCUT2D eigenvalue weighted by atomic mass is 79.9. The summed E-state index contributed by atoms with van der Waals surface area (Å²) in [5, 5.41) is 8.74. The van der Waals surface area contributed by atoms with Gasteiger partial charge in [0, 0.05) is 14.5 Å². The lowest BCUT2D eigenvalue weighted by atomic mass is 10.1. The van der Waals surface area contributed by atoms with Crippen LogP contribution in [0.15, 0.2) is 21.1 Å². The van der Waals surface area contributed by atoms with E-state index in [1.807, 2.05) is 0 Å². The van der Waals surface area contributed by atoms with Gasteiger partial charge in [0.2, 0.25) is 0 Å². The molecule has 1 aromatic rings. The minimum Gasteiger partial charge on any atom is -0.478 e. The predicted octanol–water partition coefficient (Wildman–Crippen LogP) is 2.72. The van der Waals surface area contributed by atoms with Crippen LogP contribution in [0.3, 0.4) is 0 Å².